The molecule has 1 saturated heterocycles. The van der Waals surface area contributed by atoms with Crippen LogP contribution in [0.2, 0.25) is 5.02 Å². The SMILES string of the molecule is O=C(/C=C/c1cccc(Cl)c1)N[C@H](C[NH+]1CCOCC1)c1ccccc1. The van der Waals surface area contributed by atoms with Crippen LogP contribution in [0.3, 0.4) is 0 Å². The highest BCUT2D eigenvalue weighted by Gasteiger charge is 2.22. The summed E-state index contributed by atoms with van der Waals surface area (Å²) in [5.41, 5.74) is 2.03. The van der Waals surface area contributed by atoms with E-state index in [0.717, 1.165) is 44.0 Å². The second-order valence-electron chi connectivity index (χ2n) is 6.43. The number of amides is 1. The average Bonchev–Trinajstić information content (AvgIpc) is 2.67. The third-order valence-electron chi connectivity index (χ3n) is 4.49. The minimum atomic E-state index is -0.105. The first-order chi connectivity index (χ1) is 12.7. The fourth-order valence-corrected chi connectivity index (χ4v) is 3.29. The van der Waals surface area contributed by atoms with Gasteiger partial charge in [0.05, 0.1) is 13.2 Å². The largest absolute Gasteiger partial charge is 0.370 e. The van der Waals surface area contributed by atoms with Crippen LogP contribution < -0.4 is 10.2 Å². The van der Waals surface area contributed by atoms with Crippen molar-refractivity contribution in [3.8, 4) is 0 Å². The van der Waals surface area contributed by atoms with Crippen molar-refractivity contribution < 1.29 is 14.4 Å². The van der Waals surface area contributed by atoms with Crippen LogP contribution in [0.5, 0.6) is 0 Å². The summed E-state index contributed by atoms with van der Waals surface area (Å²) in [6.07, 6.45) is 3.35. The monoisotopic (exact) mass is 371 g/mol. The van der Waals surface area contributed by atoms with Gasteiger partial charge >= 0.3 is 0 Å². The van der Waals surface area contributed by atoms with Gasteiger partial charge in [-0.15, -0.1) is 0 Å². The van der Waals surface area contributed by atoms with Gasteiger partial charge in [0.25, 0.3) is 0 Å². The lowest BCUT2D eigenvalue weighted by Gasteiger charge is -2.28. The van der Waals surface area contributed by atoms with Crippen LogP contribution in [0.25, 0.3) is 6.08 Å². The smallest absolute Gasteiger partial charge is 0.244 e. The molecule has 1 aliphatic heterocycles. The van der Waals surface area contributed by atoms with Gasteiger partial charge < -0.3 is 15.0 Å². The summed E-state index contributed by atoms with van der Waals surface area (Å²) in [5, 5.41) is 3.80. The summed E-state index contributed by atoms with van der Waals surface area (Å²) >= 11 is 5.99. The third-order valence-corrected chi connectivity index (χ3v) is 4.72. The molecular weight excluding hydrogens is 348 g/mol. The van der Waals surface area contributed by atoms with Gasteiger partial charge in [-0.25, -0.2) is 0 Å². The lowest BCUT2D eigenvalue weighted by Crippen LogP contribution is -3.14. The third kappa shape index (κ3) is 5.70. The van der Waals surface area contributed by atoms with Crippen LogP contribution in [0.4, 0.5) is 0 Å². The Morgan fingerprint density at radius 3 is 2.65 bits per heavy atom. The molecule has 1 atom stereocenters. The minimum absolute atomic E-state index is 0.0270. The number of benzene rings is 2. The molecule has 2 N–H and O–H groups in total. The molecule has 26 heavy (non-hydrogen) atoms. The molecule has 4 nitrogen and oxygen atoms in total. The van der Waals surface area contributed by atoms with E-state index in [2.05, 4.69) is 17.4 Å². The number of hydrogen-bond donors (Lipinski definition) is 2. The number of nitrogens with one attached hydrogen (secondary N) is 2. The molecule has 136 valence electrons. The second-order valence-corrected chi connectivity index (χ2v) is 6.86. The molecule has 2 aromatic rings. The van der Waals surface area contributed by atoms with Crippen molar-refractivity contribution >= 4 is 23.6 Å². The number of morpholine rings is 1. The molecule has 0 saturated carbocycles. The lowest BCUT2D eigenvalue weighted by atomic mass is 10.1. The first-order valence-electron chi connectivity index (χ1n) is 8.91. The van der Waals surface area contributed by atoms with E-state index >= 15 is 0 Å². The average molecular weight is 372 g/mol. The zero-order chi connectivity index (χ0) is 18.2. The number of carbonyl (C=O) groups excluding carboxylic acids is 1. The van der Waals surface area contributed by atoms with Crippen molar-refractivity contribution in [1.82, 2.24) is 5.32 Å². The molecule has 0 spiro atoms. The summed E-state index contributed by atoms with van der Waals surface area (Å²) in [4.78, 5) is 13.9. The number of carbonyl (C=O) groups is 1. The molecule has 1 amide bonds. The van der Waals surface area contributed by atoms with Gasteiger partial charge in [0.1, 0.15) is 25.7 Å². The lowest BCUT2D eigenvalue weighted by molar-refractivity contribution is -0.909. The summed E-state index contributed by atoms with van der Waals surface area (Å²) in [7, 11) is 0. The van der Waals surface area contributed by atoms with Crippen LogP contribution in [0.15, 0.2) is 60.7 Å². The standard InChI is InChI=1S/C21H23ClN2O2/c22-19-8-4-5-17(15-19)9-10-21(25)23-20(18-6-2-1-3-7-18)16-24-11-13-26-14-12-24/h1-10,15,20H,11-14,16H2,(H,23,25)/p+1/b10-9+/t20-/m1/s1. The first kappa shape index (κ1) is 18.6. The van der Waals surface area contributed by atoms with E-state index in [1.165, 1.54) is 4.90 Å². The van der Waals surface area contributed by atoms with E-state index < -0.39 is 0 Å². The van der Waals surface area contributed by atoms with Gasteiger partial charge in [0, 0.05) is 11.1 Å². The summed E-state index contributed by atoms with van der Waals surface area (Å²) in [5.74, 6) is -0.105. The molecule has 1 heterocycles. The zero-order valence-corrected chi connectivity index (χ0v) is 15.4. The maximum absolute atomic E-state index is 12.5. The molecule has 3 rings (SSSR count). The van der Waals surface area contributed by atoms with Gasteiger partial charge in [-0.2, -0.15) is 0 Å². The predicted molar refractivity (Wildman–Crippen MR) is 104 cm³/mol. The summed E-state index contributed by atoms with van der Waals surface area (Å²) in [6.45, 7) is 4.35. The molecule has 5 heteroatoms. The number of halogens is 1. The predicted octanol–water partition coefficient (Wildman–Crippen LogP) is 2.13. The Morgan fingerprint density at radius 2 is 1.92 bits per heavy atom. The Bertz CT molecular complexity index is 743. The van der Waals surface area contributed by atoms with Gasteiger partial charge in [0.2, 0.25) is 5.91 Å². The van der Waals surface area contributed by atoms with E-state index in [1.807, 2.05) is 42.5 Å². The van der Waals surface area contributed by atoms with Gasteiger partial charge in [-0.05, 0) is 29.3 Å². The Hall–Kier alpha value is -2.14. The maximum Gasteiger partial charge on any atom is 0.244 e. The van der Waals surface area contributed by atoms with E-state index in [0.29, 0.717) is 5.02 Å². The molecule has 1 fully saturated rings. The molecule has 0 aromatic heterocycles. The second kappa shape index (κ2) is 9.53. The van der Waals surface area contributed by atoms with Crippen molar-refractivity contribution in [2.75, 3.05) is 32.8 Å². The highest BCUT2D eigenvalue weighted by molar-refractivity contribution is 6.30. The number of hydrogen-bond acceptors (Lipinski definition) is 2. The van der Waals surface area contributed by atoms with Crippen molar-refractivity contribution in [3.63, 3.8) is 0 Å². The first-order valence-corrected chi connectivity index (χ1v) is 9.29. The molecule has 0 bridgehead atoms. The molecule has 0 aliphatic carbocycles. The minimum Gasteiger partial charge on any atom is -0.370 e. The van der Waals surface area contributed by atoms with Crippen molar-refractivity contribution in [2.24, 2.45) is 0 Å². The zero-order valence-electron chi connectivity index (χ0n) is 14.7. The molecule has 0 radical (unpaired) electrons. The molecule has 2 aromatic carbocycles. The number of ether oxygens (including phenoxy) is 1. The van der Waals surface area contributed by atoms with Crippen LogP contribution in [0.1, 0.15) is 17.2 Å². The molecule has 0 unspecified atom stereocenters. The van der Waals surface area contributed by atoms with Crippen LogP contribution >= 0.6 is 11.6 Å². The van der Waals surface area contributed by atoms with Crippen molar-refractivity contribution in [3.05, 3.63) is 76.8 Å². The fraction of sp³-hybridized carbons (Fsp3) is 0.286. The van der Waals surface area contributed by atoms with Crippen LogP contribution in [0, 0.1) is 0 Å². The van der Waals surface area contributed by atoms with Gasteiger partial charge in [-0.1, -0.05) is 54.1 Å². The van der Waals surface area contributed by atoms with Crippen LogP contribution in [-0.2, 0) is 9.53 Å². The van der Waals surface area contributed by atoms with Gasteiger partial charge in [0.15, 0.2) is 0 Å². The Kier molecular flexibility index (Phi) is 6.83. The van der Waals surface area contributed by atoms with Crippen molar-refractivity contribution in [2.45, 2.75) is 6.04 Å². The molecular formula is C21H24ClN2O2+. The van der Waals surface area contributed by atoms with E-state index in [4.69, 9.17) is 16.3 Å². The summed E-state index contributed by atoms with van der Waals surface area (Å²) in [6, 6.07) is 17.5. The Labute approximate surface area is 159 Å². The van der Waals surface area contributed by atoms with E-state index in [9.17, 15) is 4.79 Å². The highest BCUT2D eigenvalue weighted by atomic mass is 35.5. The molecule has 1 aliphatic rings. The maximum atomic E-state index is 12.5. The number of rotatable bonds is 6. The quantitative estimate of drug-likeness (QED) is 0.764. The Morgan fingerprint density at radius 1 is 1.15 bits per heavy atom. The summed E-state index contributed by atoms with van der Waals surface area (Å²) < 4.78 is 5.44. The highest BCUT2D eigenvalue weighted by Crippen LogP contribution is 2.13. The Balaban J connectivity index is 1.67. The number of quaternary nitrogens is 1. The fourth-order valence-electron chi connectivity index (χ4n) is 3.09. The topological polar surface area (TPSA) is 42.8 Å². The van der Waals surface area contributed by atoms with E-state index in [-0.39, 0.29) is 11.9 Å². The normalized spacial score (nSPS) is 16.5. The van der Waals surface area contributed by atoms with Crippen molar-refractivity contribution in [1.29, 1.82) is 0 Å². The van der Waals surface area contributed by atoms with Gasteiger partial charge in [-0.3, -0.25) is 4.79 Å². The van der Waals surface area contributed by atoms with Crippen LogP contribution in [-0.4, -0.2) is 38.8 Å². The van der Waals surface area contributed by atoms with E-state index in [1.54, 1.807) is 12.2 Å².